The van der Waals surface area contributed by atoms with Crippen LogP contribution in [0.5, 0.6) is 0 Å². The van der Waals surface area contributed by atoms with Crippen molar-refractivity contribution >= 4 is 0 Å². The second-order valence-corrected chi connectivity index (χ2v) is 2.24. The van der Waals surface area contributed by atoms with Gasteiger partial charge in [-0.3, -0.25) is 0 Å². The van der Waals surface area contributed by atoms with Crippen molar-refractivity contribution in [3.8, 4) is 0 Å². The monoisotopic (exact) mass is 128 g/mol. The molecule has 1 N–H and O–H groups in total. The molecule has 0 aromatic rings. The van der Waals surface area contributed by atoms with Gasteiger partial charge in [-0.25, -0.2) is 0 Å². The molecule has 1 unspecified atom stereocenters. The second-order valence-electron chi connectivity index (χ2n) is 2.24. The summed E-state index contributed by atoms with van der Waals surface area (Å²) in [7, 11) is 0. The van der Waals surface area contributed by atoms with E-state index in [2.05, 4.69) is 6.92 Å². The van der Waals surface area contributed by atoms with Gasteiger partial charge in [0, 0.05) is 0 Å². The van der Waals surface area contributed by atoms with Gasteiger partial charge in [0.25, 0.3) is 0 Å². The molecule has 0 rings (SSSR count). The van der Waals surface area contributed by atoms with E-state index in [4.69, 9.17) is 5.11 Å². The Bertz CT molecular complexity index is 76.6. The van der Waals surface area contributed by atoms with Crippen molar-refractivity contribution in [3.05, 3.63) is 12.2 Å². The molecule has 0 amide bonds. The maximum atomic E-state index is 9.09. The molecule has 0 fully saturated rings. The van der Waals surface area contributed by atoms with Gasteiger partial charge in [-0.15, -0.1) is 0 Å². The van der Waals surface area contributed by atoms with Gasteiger partial charge in [-0.1, -0.05) is 31.9 Å². The first-order valence-corrected chi connectivity index (χ1v) is 3.62. The third-order valence-electron chi connectivity index (χ3n) is 1.27. The minimum absolute atomic E-state index is 0.213. The van der Waals surface area contributed by atoms with Gasteiger partial charge in [0.2, 0.25) is 0 Å². The Kier molecular flexibility index (Phi) is 5.64. The molecule has 0 aliphatic rings. The van der Waals surface area contributed by atoms with Crippen molar-refractivity contribution < 1.29 is 5.11 Å². The molecular weight excluding hydrogens is 112 g/mol. The number of hydrogen-bond donors (Lipinski definition) is 1. The van der Waals surface area contributed by atoms with E-state index in [0.717, 1.165) is 19.3 Å². The number of unbranched alkanes of at least 4 members (excludes halogenated alkanes) is 1. The van der Waals surface area contributed by atoms with Gasteiger partial charge in [-0.05, 0) is 13.3 Å². The van der Waals surface area contributed by atoms with Crippen LogP contribution >= 0.6 is 0 Å². The van der Waals surface area contributed by atoms with Gasteiger partial charge in [0.05, 0.1) is 6.10 Å². The van der Waals surface area contributed by atoms with E-state index < -0.39 is 0 Å². The van der Waals surface area contributed by atoms with Crippen molar-refractivity contribution in [1.29, 1.82) is 0 Å². The summed E-state index contributed by atoms with van der Waals surface area (Å²) in [6.07, 6.45) is 6.69. The molecule has 0 aliphatic carbocycles. The van der Waals surface area contributed by atoms with Crippen LogP contribution in [-0.2, 0) is 0 Å². The molecule has 0 bridgehead atoms. The highest BCUT2D eigenvalue weighted by Gasteiger charge is 1.94. The zero-order valence-corrected chi connectivity index (χ0v) is 6.30. The van der Waals surface area contributed by atoms with Crippen LogP contribution in [0.1, 0.15) is 33.1 Å². The Morgan fingerprint density at radius 3 is 2.67 bits per heavy atom. The highest BCUT2D eigenvalue weighted by molar-refractivity contribution is 4.84. The molecule has 0 saturated heterocycles. The predicted octanol–water partition coefficient (Wildman–Crippen LogP) is 2.11. The topological polar surface area (TPSA) is 20.2 Å². The molecule has 1 atom stereocenters. The first kappa shape index (κ1) is 8.70. The van der Waals surface area contributed by atoms with E-state index in [1.807, 2.05) is 19.1 Å². The van der Waals surface area contributed by atoms with Gasteiger partial charge in [0.15, 0.2) is 0 Å². The van der Waals surface area contributed by atoms with Crippen LogP contribution in [0.4, 0.5) is 0 Å². The SMILES string of the molecule is C/C=C\C(O)CCCC. The Balaban J connectivity index is 3.15. The number of allylic oxidation sites excluding steroid dienone is 1. The minimum Gasteiger partial charge on any atom is -0.389 e. The van der Waals surface area contributed by atoms with Crippen LogP contribution in [0.15, 0.2) is 12.2 Å². The lowest BCUT2D eigenvalue weighted by atomic mass is 10.1. The summed E-state index contributed by atoms with van der Waals surface area (Å²) < 4.78 is 0. The van der Waals surface area contributed by atoms with Crippen LogP contribution in [0.3, 0.4) is 0 Å². The fourth-order valence-electron chi connectivity index (χ4n) is 0.732. The first-order valence-electron chi connectivity index (χ1n) is 3.62. The molecule has 1 heteroatoms. The lowest BCUT2D eigenvalue weighted by Crippen LogP contribution is -2.00. The molecule has 0 aromatic carbocycles. The molecule has 0 radical (unpaired) electrons. The third-order valence-corrected chi connectivity index (χ3v) is 1.27. The molecule has 9 heavy (non-hydrogen) atoms. The Hall–Kier alpha value is -0.300. The van der Waals surface area contributed by atoms with Crippen LogP contribution in [0.25, 0.3) is 0 Å². The molecule has 0 heterocycles. The van der Waals surface area contributed by atoms with E-state index in [1.54, 1.807) is 0 Å². The molecule has 0 aliphatic heterocycles. The standard InChI is InChI=1S/C8H16O/c1-3-5-7-8(9)6-4-2/h4,6,8-9H,3,5,7H2,1-2H3/b6-4-. The quantitative estimate of drug-likeness (QED) is 0.575. The van der Waals surface area contributed by atoms with E-state index in [0.29, 0.717) is 0 Å². The number of hydrogen-bond acceptors (Lipinski definition) is 1. The van der Waals surface area contributed by atoms with E-state index in [1.165, 1.54) is 0 Å². The molecule has 1 nitrogen and oxygen atoms in total. The predicted molar refractivity (Wildman–Crippen MR) is 40.3 cm³/mol. The second kappa shape index (κ2) is 5.83. The fourth-order valence-corrected chi connectivity index (χ4v) is 0.732. The summed E-state index contributed by atoms with van der Waals surface area (Å²) in [5.74, 6) is 0. The normalized spacial score (nSPS) is 14.6. The molecule has 0 spiro atoms. The lowest BCUT2D eigenvalue weighted by Gasteiger charge is -2.01. The average Bonchev–Trinajstić information content (AvgIpc) is 1.85. The molecule has 54 valence electrons. The zero-order chi connectivity index (χ0) is 7.11. The first-order chi connectivity index (χ1) is 4.31. The fraction of sp³-hybridized carbons (Fsp3) is 0.750. The number of aliphatic hydroxyl groups is 1. The van der Waals surface area contributed by atoms with Crippen molar-refractivity contribution in [3.63, 3.8) is 0 Å². The number of rotatable bonds is 4. The van der Waals surface area contributed by atoms with E-state index in [9.17, 15) is 0 Å². The van der Waals surface area contributed by atoms with Crippen molar-refractivity contribution in [1.82, 2.24) is 0 Å². The van der Waals surface area contributed by atoms with Crippen LogP contribution in [0, 0.1) is 0 Å². The van der Waals surface area contributed by atoms with E-state index >= 15 is 0 Å². The summed E-state index contributed by atoms with van der Waals surface area (Å²) in [6, 6.07) is 0. The Morgan fingerprint density at radius 1 is 1.56 bits per heavy atom. The molecular formula is C8H16O. The minimum atomic E-state index is -0.213. The summed E-state index contributed by atoms with van der Waals surface area (Å²) in [5.41, 5.74) is 0. The van der Waals surface area contributed by atoms with Gasteiger partial charge < -0.3 is 5.11 Å². The van der Waals surface area contributed by atoms with Gasteiger partial charge in [-0.2, -0.15) is 0 Å². The largest absolute Gasteiger partial charge is 0.389 e. The maximum Gasteiger partial charge on any atom is 0.0720 e. The third kappa shape index (κ3) is 5.57. The van der Waals surface area contributed by atoms with Gasteiger partial charge >= 0.3 is 0 Å². The Morgan fingerprint density at radius 2 is 2.22 bits per heavy atom. The Labute approximate surface area is 57.4 Å². The van der Waals surface area contributed by atoms with Crippen molar-refractivity contribution in [2.45, 2.75) is 39.2 Å². The van der Waals surface area contributed by atoms with Crippen LogP contribution in [0.2, 0.25) is 0 Å². The number of aliphatic hydroxyl groups excluding tert-OH is 1. The van der Waals surface area contributed by atoms with E-state index in [-0.39, 0.29) is 6.10 Å². The lowest BCUT2D eigenvalue weighted by molar-refractivity contribution is 0.209. The molecule has 0 saturated carbocycles. The summed E-state index contributed by atoms with van der Waals surface area (Å²) in [6.45, 7) is 4.05. The van der Waals surface area contributed by atoms with Crippen LogP contribution < -0.4 is 0 Å². The summed E-state index contributed by atoms with van der Waals surface area (Å²) >= 11 is 0. The zero-order valence-electron chi connectivity index (χ0n) is 6.30. The highest BCUT2D eigenvalue weighted by Crippen LogP contribution is 2.00. The van der Waals surface area contributed by atoms with Crippen LogP contribution in [-0.4, -0.2) is 11.2 Å². The van der Waals surface area contributed by atoms with Crippen molar-refractivity contribution in [2.24, 2.45) is 0 Å². The summed E-state index contributed by atoms with van der Waals surface area (Å²) in [5, 5.41) is 9.09. The highest BCUT2D eigenvalue weighted by atomic mass is 16.3. The molecule has 0 aromatic heterocycles. The van der Waals surface area contributed by atoms with Gasteiger partial charge in [0.1, 0.15) is 0 Å². The smallest absolute Gasteiger partial charge is 0.0720 e. The maximum absolute atomic E-state index is 9.09. The van der Waals surface area contributed by atoms with Crippen molar-refractivity contribution in [2.75, 3.05) is 0 Å². The summed E-state index contributed by atoms with van der Waals surface area (Å²) in [4.78, 5) is 0. The average molecular weight is 128 g/mol.